The maximum atomic E-state index is 6.90. The average Bonchev–Trinajstić information content (AvgIpc) is 3.51. The van der Waals surface area contributed by atoms with Gasteiger partial charge in [0.15, 0.2) is 0 Å². The minimum Gasteiger partial charge on any atom is -0.456 e. The Hall–Kier alpha value is -7.36. The van der Waals surface area contributed by atoms with Crippen LogP contribution in [0.3, 0.4) is 0 Å². The lowest BCUT2D eigenvalue weighted by molar-refractivity contribution is 0.487. The van der Waals surface area contributed by atoms with Crippen LogP contribution >= 0.6 is 0 Å². The lowest BCUT2D eigenvalue weighted by Gasteiger charge is -2.32. The Bertz CT molecular complexity index is 2950. The fourth-order valence-corrected chi connectivity index (χ4v) is 9.30. The fraction of sp³-hybridized carbons (Fsp3) is 0.0545. The highest BCUT2D eigenvalue weighted by molar-refractivity contribution is 6.13. The van der Waals surface area contributed by atoms with E-state index in [4.69, 9.17) is 4.74 Å². The molecule has 0 fully saturated rings. The van der Waals surface area contributed by atoms with Crippen molar-refractivity contribution >= 4 is 44.9 Å². The Morgan fingerprint density at radius 1 is 0.379 bits per heavy atom. The van der Waals surface area contributed by atoms with Crippen molar-refractivity contribution in [1.29, 1.82) is 0 Å². The minimum absolute atomic E-state index is 0.137. The van der Waals surface area contributed by atoms with E-state index in [0.717, 1.165) is 67.5 Å². The van der Waals surface area contributed by atoms with E-state index in [9.17, 15) is 0 Å². The molecule has 1 aliphatic heterocycles. The molecular formula is C55H40N2O. The zero-order valence-corrected chi connectivity index (χ0v) is 32.4. The molecule has 0 unspecified atom stereocenters. The first-order chi connectivity index (χ1) is 28.5. The molecule has 0 saturated carbocycles. The van der Waals surface area contributed by atoms with E-state index < -0.39 is 0 Å². The number of benzene rings is 9. The van der Waals surface area contributed by atoms with Crippen molar-refractivity contribution in [3.05, 3.63) is 217 Å². The molecule has 0 aromatic heterocycles. The van der Waals surface area contributed by atoms with Gasteiger partial charge in [-0.2, -0.15) is 0 Å². The molecule has 0 saturated heterocycles. The van der Waals surface area contributed by atoms with Crippen LogP contribution in [0, 0.1) is 0 Å². The summed E-state index contributed by atoms with van der Waals surface area (Å²) in [5.41, 5.74) is 16.3. The van der Waals surface area contributed by atoms with Gasteiger partial charge in [0.2, 0.25) is 0 Å². The lowest BCUT2D eigenvalue weighted by atomic mass is 9.82. The van der Waals surface area contributed by atoms with Gasteiger partial charge in [-0.15, -0.1) is 0 Å². The molecule has 0 radical (unpaired) electrons. The molecule has 0 spiro atoms. The van der Waals surface area contributed by atoms with Crippen LogP contribution in [0.4, 0.5) is 34.1 Å². The minimum atomic E-state index is -0.137. The Labute approximate surface area is 339 Å². The molecule has 0 atom stereocenters. The largest absolute Gasteiger partial charge is 0.456 e. The van der Waals surface area contributed by atoms with E-state index >= 15 is 0 Å². The van der Waals surface area contributed by atoms with Gasteiger partial charge in [0.25, 0.3) is 0 Å². The normalized spacial score (nSPS) is 12.9. The number of para-hydroxylation sites is 2. The second-order valence-corrected chi connectivity index (χ2v) is 15.7. The smallest absolute Gasteiger partial charge is 0.137 e. The zero-order valence-electron chi connectivity index (χ0n) is 32.4. The summed E-state index contributed by atoms with van der Waals surface area (Å²) in [5.74, 6) is 1.70. The van der Waals surface area contributed by atoms with Gasteiger partial charge in [0, 0.05) is 44.5 Å². The van der Waals surface area contributed by atoms with Gasteiger partial charge in [-0.1, -0.05) is 147 Å². The van der Waals surface area contributed by atoms with Gasteiger partial charge >= 0.3 is 0 Å². The molecule has 1 heterocycles. The summed E-state index contributed by atoms with van der Waals surface area (Å²) < 4.78 is 6.90. The molecule has 3 nitrogen and oxygen atoms in total. The quantitative estimate of drug-likeness (QED) is 0.162. The Balaban J connectivity index is 1.12. The zero-order chi connectivity index (χ0) is 38.8. The third-order valence-electron chi connectivity index (χ3n) is 12.0. The molecule has 58 heavy (non-hydrogen) atoms. The summed E-state index contributed by atoms with van der Waals surface area (Å²) in [5, 5.41) is 2.22. The predicted octanol–water partition coefficient (Wildman–Crippen LogP) is 15.5. The molecule has 0 bridgehead atoms. The molecule has 0 N–H and O–H groups in total. The number of hydrogen-bond donors (Lipinski definition) is 0. The number of ether oxygens (including phenoxy) is 1. The van der Waals surface area contributed by atoms with E-state index in [1.54, 1.807) is 0 Å². The van der Waals surface area contributed by atoms with Crippen LogP contribution in [-0.2, 0) is 5.41 Å². The summed E-state index contributed by atoms with van der Waals surface area (Å²) in [7, 11) is 0. The maximum absolute atomic E-state index is 6.90. The number of anilines is 6. The molecule has 11 rings (SSSR count). The van der Waals surface area contributed by atoms with Gasteiger partial charge in [-0.25, -0.2) is 0 Å². The Kier molecular flexibility index (Phi) is 7.84. The SMILES string of the molecule is CC1(C)c2ccccc2-c2ccc(N(c3ccc(-c4ccccc4)cc3)c3ccc4c5c(cccc35)-c3c(cccc3N(c3ccccc3)c3ccccc3)O4)cc21. The van der Waals surface area contributed by atoms with Crippen molar-refractivity contribution in [1.82, 2.24) is 0 Å². The third-order valence-corrected chi connectivity index (χ3v) is 12.0. The summed E-state index contributed by atoms with van der Waals surface area (Å²) in [6.45, 7) is 4.70. The first-order valence-corrected chi connectivity index (χ1v) is 20.0. The Morgan fingerprint density at radius 3 is 1.69 bits per heavy atom. The van der Waals surface area contributed by atoms with E-state index in [1.165, 1.54) is 33.4 Å². The summed E-state index contributed by atoms with van der Waals surface area (Å²) >= 11 is 0. The van der Waals surface area contributed by atoms with Crippen molar-refractivity contribution in [2.75, 3.05) is 9.80 Å². The highest BCUT2D eigenvalue weighted by Gasteiger charge is 2.36. The van der Waals surface area contributed by atoms with Crippen molar-refractivity contribution < 1.29 is 4.74 Å². The van der Waals surface area contributed by atoms with Crippen LogP contribution in [0.1, 0.15) is 25.0 Å². The molecule has 3 heteroatoms. The molecule has 9 aromatic carbocycles. The van der Waals surface area contributed by atoms with Crippen molar-refractivity contribution in [3.8, 4) is 44.9 Å². The van der Waals surface area contributed by atoms with Crippen LogP contribution < -0.4 is 14.5 Å². The Morgan fingerprint density at radius 2 is 0.948 bits per heavy atom. The second kappa shape index (κ2) is 13.4. The molecule has 1 aliphatic carbocycles. The summed E-state index contributed by atoms with van der Waals surface area (Å²) in [6.07, 6.45) is 0. The molecule has 9 aromatic rings. The first-order valence-electron chi connectivity index (χ1n) is 20.0. The van der Waals surface area contributed by atoms with E-state index in [0.29, 0.717) is 0 Å². The van der Waals surface area contributed by atoms with Crippen LogP contribution in [0.5, 0.6) is 11.5 Å². The molecular weight excluding hydrogens is 705 g/mol. The summed E-state index contributed by atoms with van der Waals surface area (Å²) in [6, 6.07) is 74.1. The first kappa shape index (κ1) is 33.9. The predicted molar refractivity (Wildman–Crippen MR) is 242 cm³/mol. The lowest BCUT2D eigenvalue weighted by Crippen LogP contribution is -2.17. The van der Waals surface area contributed by atoms with E-state index in [1.807, 2.05) is 0 Å². The fourth-order valence-electron chi connectivity index (χ4n) is 9.30. The van der Waals surface area contributed by atoms with Gasteiger partial charge in [0.1, 0.15) is 11.5 Å². The van der Waals surface area contributed by atoms with Crippen molar-refractivity contribution in [2.45, 2.75) is 19.3 Å². The monoisotopic (exact) mass is 744 g/mol. The highest BCUT2D eigenvalue weighted by Crippen LogP contribution is 2.56. The average molecular weight is 745 g/mol. The van der Waals surface area contributed by atoms with E-state index in [-0.39, 0.29) is 5.41 Å². The number of nitrogens with zero attached hydrogens (tertiary/aromatic N) is 2. The second-order valence-electron chi connectivity index (χ2n) is 15.7. The number of hydrogen-bond acceptors (Lipinski definition) is 3. The topological polar surface area (TPSA) is 15.7 Å². The van der Waals surface area contributed by atoms with Gasteiger partial charge in [-0.05, 0) is 112 Å². The van der Waals surface area contributed by atoms with Crippen LogP contribution in [0.2, 0.25) is 0 Å². The number of fused-ring (bicyclic) bond motifs is 5. The number of rotatable bonds is 7. The molecule has 0 amide bonds. The van der Waals surface area contributed by atoms with Gasteiger partial charge in [-0.3, -0.25) is 0 Å². The summed E-state index contributed by atoms with van der Waals surface area (Å²) in [4.78, 5) is 4.76. The van der Waals surface area contributed by atoms with Crippen LogP contribution in [0.25, 0.3) is 44.2 Å². The standard InChI is InChI=1S/C55H40N2O/c1-55(2)47-25-13-12-22-43(47)44-33-32-42(36-48(44)55)57(41-30-28-38(29-31-41)37-16-6-3-7-17-37)49-34-35-52-53-45(49)23-14-24-46(53)54-50(26-15-27-51(54)58-52)56(39-18-8-4-9-19-39)40-20-10-5-11-21-40/h3-36H,1-2H3. The van der Waals surface area contributed by atoms with Crippen molar-refractivity contribution in [3.63, 3.8) is 0 Å². The third kappa shape index (κ3) is 5.35. The van der Waals surface area contributed by atoms with E-state index in [2.05, 4.69) is 230 Å². The molecule has 276 valence electrons. The maximum Gasteiger partial charge on any atom is 0.137 e. The van der Waals surface area contributed by atoms with Crippen molar-refractivity contribution in [2.24, 2.45) is 0 Å². The van der Waals surface area contributed by atoms with Crippen LogP contribution in [0.15, 0.2) is 206 Å². The van der Waals surface area contributed by atoms with Crippen LogP contribution in [-0.4, -0.2) is 0 Å². The highest BCUT2D eigenvalue weighted by atomic mass is 16.5. The molecule has 2 aliphatic rings. The van der Waals surface area contributed by atoms with Gasteiger partial charge < -0.3 is 14.5 Å². The van der Waals surface area contributed by atoms with Gasteiger partial charge in [0.05, 0.1) is 11.4 Å².